The van der Waals surface area contributed by atoms with E-state index in [1.54, 1.807) is 6.92 Å². The van der Waals surface area contributed by atoms with Crippen LogP contribution in [0.2, 0.25) is 10.0 Å². The van der Waals surface area contributed by atoms with Crippen LogP contribution in [-0.4, -0.2) is 39.5 Å². The van der Waals surface area contributed by atoms with Gasteiger partial charge in [-0.2, -0.15) is 4.31 Å². The maximum atomic E-state index is 12.4. The summed E-state index contributed by atoms with van der Waals surface area (Å²) in [5.41, 5.74) is 5.70. The molecule has 1 aromatic carbocycles. The SMILES string of the molecule is COCC(C)N(C)S(=O)(=O)c1ccc(Cl)c(N)c1Cl. The number of benzene rings is 1. The van der Waals surface area contributed by atoms with Crippen LogP contribution in [0.4, 0.5) is 5.69 Å². The Bertz CT molecular complexity index is 563. The van der Waals surface area contributed by atoms with E-state index in [0.717, 1.165) is 0 Å². The highest BCUT2D eigenvalue weighted by molar-refractivity contribution is 7.89. The lowest BCUT2D eigenvalue weighted by Crippen LogP contribution is -2.37. The first-order chi connectivity index (χ1) is 8.73. The molecule has 8 heteroatoms. The van der Waals surface area contributed by atoms with Crippen LogP contribution in [0.1, 0.15) is 6.92 Å². The Balaban J connectivity index is 3.25. The first-order valence-corrected chi connectivity index (χ1v) is 7.63. The van der Waals surface area contributed by atoms with Crippen LogP contribution in [0.3, 0.4) is 0 Å². The molecule has 0 amide bonds. The van der Waals surface area contributed by atoms with E-state index in [2.05, 4.69) is 0 Å². The summed E-state index contributed by atoms with van der Waals surface area (Å²) in [6.45, 7) is 2.00. The Kier molecular flexibility index (Phi) is 5.46. The first-order valence-electron chi connectivity index (χ1n) is 5.44. The van der Waals surface area contributed by atoms with Gasteiger partial charge in [0, 0.05) is 20.2 Å². The van der Waals surface area contributed by atoms with Gasteiger partial charge in [0.15, 0.2) is 0 Å². The Hall–Kier alpha value is -0.530. The molecule has 0 saturated heterocycles. The third-order valence-corrected chi connectivity index (χ3v) is 5.64. The molecule has 1 atom stereocenters. The van der Waals surface area contributed by atoms with Gasteiger partial charge in [0.05, 0.1) is 22.3 Å². The topological polar surface area (TPSA) is 72.6 Å². The summed E-state index contributed by atoms with van der Waals surface area (Å²) in [6.07, 6.45) is 0. The van der Waals surface area contributed by atoms with Gasteiger partial charge in [-0.25, -0.2) is 8.42 Å². The van der Waals surface area contributed by atoms with Gasteiger partial charge in [0.2, 0.25) is 10.0 Å². The van der Waals surface area contributed by atoms with Crippen molar-refractivity contribution < 1.29 is 13.2 Å². The molecule has 108 valence electrons. The third-order valence-electron chi connectivity index (χ3n) is 2.78. The maximum absolute atomic E-state index is 12.4. The minimum absolute atomic E-state index is 0.0530. The number of halogens is 2. The fourth-order valence-electron chi connectivity index (χ4n) is 1.49. The Morgan fingerprint density at radius 3 is 2.53 bits per heavy atom. The highest BCUT2D eigenvalue weighted by Crippen LogP contribution is 2.34. The summed E-state index contributed by atoms with van der Waals surface area (Å²) in [7, 11) is -0.785. The number of ether oxygens (including phenoxy) is 1. The lowest BCUT2D eigenvalue weighted by atomic mass is 10.3. The van der Waals surface area contributed by atoms with E-state index in [9.17, 15) is 8.42 Å². The second kappa shape index (κ2) is 6.28. The number of methoxy groups -OCH3 is 1. The highest BCUT2D eigenvalue weighted by Gasteiger charge is 2.28. The van der Waals surface area contributed by atoms with Crippen molar-refractivity contribution in [2.24, 2.45) is 0 Å². The van der Waals surface area contributed by atoms with Crippen molar-refractivity contribution in [1.82, 2.24) is 4.31 Å². The minimum Gasteiger partial charge on any atom is -0.396 e. The Morgan fingerprint density at radius 2 is 2.00 bits per heavy atom. The standard InChI is InChI=1S/C11H16Cl2N2O3S/c1-7(6-18-3)15(2)19(16,17)9-5-4-8(12)11(14)10(9)13/h4-5,7H,6,14H2,1-3H3. The van der Waals surface area contributed by atoms with Crippen LogP contribution >= 0.6 is 23.2 Å². The molecule has 0 bridgehead atoms. The van der Waals surface area contributed by atoms with Crippen LogP contribution in [0.15, 0.2) is 17.0 Å². The number of nitrogens with two attached hydrogens (primary N) is 1. The predicted molar refractivity (Wildman–Crippen MR) is 77.2 cm³/mol. The van der Waals surface area contributed by atoms with E-state index < -0.39 is 10.0 Å². The molecule has 0 aliphatic rings. The molecule has 0 aromatic heterocycles. The number of anilines is 1. The summed E-state index contributed by atoms with van der Waals surface area (Å²) < 4.78 is 31.0. The molecule has 5 nitrogen and oxygen atoms in total. The molecule has 0 aliphatic carbocycles. The van der Waals surface area contributed by atoms with Crippen LogP contribution in [0.5, 0.6) is 0 Å². The molecule has 1 aromatic rings. The van der Waals surface area contributed by atoms with Crippen molar-refractivity contribution >= 4 is 38.9 Å². The van der Waals surface area contributed by atoms with Crippen LogP contribution in [0, 0.1) is 0 Å². The summed E-state index contributed by atoms with van der Waals surface area (Å²) in [5.74, 6) is 0. The molecule has 0 radical (unpaired) electrons. The molecule has 2 N–H and O–H groups in total. The van der Waals surface area contributed by atoms with Gasteiger partial charge < -0.3 is 10.5 Å². The Labute approximate surface area is 123 Å². The van der Waals surface area contributed by atoms with Crippen molar-refractivity contribution in [2.75, 3.05) is 26.5 Å². The molecule has 0 aliphatic heterocycles. The van der Waals surface area contributed by atoms with Gasteiger partial charge in [0.25, 0.3) is 0 Å². The second-order valence-corrected chi connectivity index (χ2v) is 6.85. The van der Waals surface area contributed by atoms with Gasteiger partial charge in [-0.3, -0.25) is 0 Å². The summed E-state index contributed by atoms with van der Waals surface area (Å²) in [4.78, 5) is -0.0680. The number of hydrogen-bond acceptors (Lipinski definition) is 4. The zero-order chi connectivity index (χ0) is 14.8. The smallest absolute Gasteiger partial charge is 0.244 e. The average Bonchev–Trinajstić information content (AvgIpc) is 2.35. The summed E-state index contributed by atoms with van der Waals surface area (Å²) >= 11 is 11.8. The molecular weight excluding hydrogens is 311 g/mol. The van der Waals surface area contributed by atoms with E-state index >= 15 is 0 Å². The van der Waals surface area contributed by atoms with Gasteiger partial charge in [-0.05, 0) is 19.1 Å². The Morgan fingerprint density at radius 1 is 1.42 bits per heavy atom. The van der Waals surface area contributed by atoms with Gasteiger partial charge in [-0.15, -0.1) is 0 Å². The lowest BCUT2D eigenvalue weighted by molar-refractivity contribution is 0.149. The number of likely N-dealkylation sites (N-methyl/N-ethyl adjacent to an activating group) is 1. The summed E-state index contributed by atoms with van der Waals surface area (Å²) in [6, 6.07) is 2.42. The van der Waals surface area contributed by atoms with Crippen molar-refractivity contribution in [3.63, 3.8) is 0 Å². The molecule has 19 heavy (non-hydrogen) atoms. The largest absolute Gasteiger partial charge is 0.396 e. The van der Waals surface area contributed by atoms with Crippen LogP contribution in [0.25, 0.3) is 0 Å². The number of nitrogens with zero attached hydrogens (tertiary/aromatic N) is 1. The molecule has 0 spiro atoms. The molecule has 1 rings (SSSR count). The number of rotatable bonds is 5. The molecule has 0 fully saturated rings. The number of nitrogen functional groups attached to an aromatic ring is 1. The molecule has 0 heterocycles. The van der Waals surface area contributed by atoms with Crippen molar-refractivity contribution in [3.8, 4) is 0 Å². The number of hydrogen-bond donors (Lipinski definition) is 1. The van der Waals surface area contributed by atoms with Gasteiger partial charge >= 0.3 is 0 Å². The van der Waals surface area contributed by atoms with Crippen molar-refractivity contribution in [1.29, 1.82) is 0 Å². The predicted octanol–water partition coefficient (Wildman–Crippen LogP) is 2.23. The van der Waals surface area contributed by atoms with Crippen LogP contribution < -0.4 is 5.73 Å². The van der Waals surface area contributed by atoms with E-state index in [1.165, 1.54) is 30.6 Å². The number of sulfonamides is 1. The maximum Gasteiger partial charge on any atom is 0.244 e. The van der Waals surface area contributed by atoms with E-state index in [1.807, 2.05) is 0 Å². The first kappa shape index (κ1) is 16.5. The molecular formula is C11H16Cl2N2O3S. The van der Waals surface area contributed by atoms with E-state index in [0.29, 0.717) is 0 Å². The third kappa shape index (κ3) is 3.32. The fourth-order valence-corrected chi connectivity index (χ4v) is 3.57. The van der Waals surface area contributed by atoms with E-state index in [4.69, 9.17) is 33.7 Å². The zero-order valence-electron chi connectivity index (χ0n) is 10.9. The van der Waals surface area contributed by atoms with E-state index in [-0.39, 0.29) is 33.3 Å². The normalized spacial score (nSPS) is 13.8. The monoisotopic (exact) mass is 326 g/mol. The fraction of sp³-hybridized carbons (Fsp3) is 0.455. The van der Waals surface area contributed by atoms with Gasteiger partial charge in [-0.1, -0.05) is 23.2 Å². The lowest BCUT2D eigenvalue weighted by Gasteiger charge is -2.24. The summed E-state index contributed by atoms with van der Waals surface area (Å²) in [5, 5.41) is 0.153. The van der Waals surface area contributed by atoms with Crippen molar-refractivity contribution in [2.45, 2.75) is 17.9 Å². The molecule has 0 saturated carbocycles. The quantitative estimate of drug-likeness (QED) is 0.842. The van der Waals surface area contributed by atoms with Crippen LogP contribution in [-0.2, 0) is 14.8 Å². The van der Waals surface area contributed by atoms with Crippen molar-refractivity contribution in [3.05, 3.63) is 22.2 Å². The second-order valence-electron chi connectivity index (χ2n) is 4.10. The minimum atomic E-state index is -3.75. The average molecular weight is 327 g/mol. The van der Waals surface area contributed by atoms with Gasteiger partial charge in [0.1, 0.15) is 4.90 Å². The highest BCUT2D eigenvalue weighted by atomic mass is 35.5. The zero-order valence-corrected chi connectivity index (χ0v) is 13.2. The molecule has 1 unspecified atom stereocenters.